The molecule has 0 bridgehead atoms. The van der Waals surface area contributed by atoms with Crippen LogP contribution in [-0.4, -0.2) is 63.3 Å². The van der Waals surface area contributed by atoms with Gasteiger partial charge >= 0.3 is 12.1 Å². The van der Waals surface area contributed by atoms with E-state index < -0.39 is 36.7 Å². The van der Waals surface area contributed by atoms with Gasteiger partial charge in [-0.2, -0.15) is 0 Å². The van der Waals surface area contributed by atoms with Crippen LogP contribution >= 0.6 is 0 Å². The molecule has 9 heteroatoms. The van der Waals surface area contributed by atoms with Gasteiger partial charge in [0, 0.05) is 18.5 Å². The van der Waals surface area contributed by atoms with E-state index in [9.17, 15) is 23.9 Å². The highest BCUT2D eigenvalue weighted by atomic mass is 19.1. The van der Waals surface area contributed by atoms with Gasteiger partial charge in [0.15, 0.2) is 0 Å². The molecule has 8 nitrogen and oxygen atoms in total. The van der Waals surface area contributed by atoms with E-state index in [1.165, 1.54) is 11.0 Å². The number of carboxylic acids is 1. The molecular weight excluding hydrogens is 335 g/mol. The molecule has 2 amide bonds. The van der Waals surface area contributed by atoms with Gasteiger partial charge in [0.1, 0.15) is 24.6 Å². The van der Waals surface area contributed by atoms with E-state index in [1.807, 2.05) is 0 Å². The molecule has 134 valence electrons. The minimum absolute atomic E-state index is 0.0536. The molecule has 0 unspecified atom stereocenters. The number of aliphatic hydroxyl groups is 1. The first kappa shape index (κ1) is 17.2. The first-order valence-electron chi connectivity index (χ1n) is 7.75. The summed E-state index contributed by atoms with van der Waals surface area (Å²) in [6, 6.07) is 3.46. The summed E-state index contributed by atoms with van der Waals surface area (Å²) >= 11 is 0. The summed E-state index contributed by atoms with van der Waals surface area (Å²) in [5.41, 5.74) is 1.13. The Labute approximate surface area is 142 Å². The van der Waals surface area contributed by atoms with Gasteiger partial charge in [-0.05, 0) is 11.6 Å². The van der Waals surface area contributed by atoms with Gasteiger partial charge in [-0.3, -0.25) is 9.69 Å². The number of nitrogens with zero attached hydrogens (tertiary/aromatic N) is 2. The van der Waals surface area contributed by atoms with Crippen LogP contribution in [-0.2, 0) is 27.4 Å². The predicted molar refractivity (Wildman–Crippen MR) is 80.8 cm³/mol. The molecule has 25 heavy (non-hydrogen) atoms. The highest BCUT2D eigenvalue weighted by molar-refractivity contribution is 5.85. The van der Waals surface area contributed by atoms with Gasteiger partial charge in [0.05, 0.1) is 13.1 Å². The van der Waals surface area contributed by atoms with E-state index in [1.54, 1.807) is 12.1 Å². The number of fused-ring (bicyclic) bond motifs is 1. The first-order chi connectivity index (χ1) is 11.9. The van der Waals surface area contributed by atoms with E-state index in [4.69, 9.17) is 9.84 Å². The van der Waals surface area contributed by atoms with Gasteiger partial charge in [-0.25, -0.2) is 14.0 Å². The fourth-order valence-corrected chi connectivity index (χ4v) is 3.21. The molecule has 0 radical (unpaired) electrons. The van der Waals surface area contributed by atoms with Gasteiger partial charge in [0.25, 0.3) is 0 Å². The number of carboxylic acid groups (broad SMARTS) is 1. The molecule has 0 aliphatic carbocycles. The molecular formula is C16H17FN2O6. The Morgan fingerprint density at radius 1 is 1.28 bits per heavy atom. The van der Waals surface area contributed by atoms with Crippen LogP contribution in [0.25, 0.3) is 0 Å². The highest BCUT2D eigenvalue weighted by Crippen LogP contribution is 2.27. The number of ether oxygens (including phenoxy) is 1. The molecule has 1 saturated heterocycles. The quantitative estimate of drug-likeness (QED) is 0.811. The number of benzene rings is 1. The Morgan fingerprint density at radius 2 is 2.04 bits per heavy atom. The number of halogens is 1. The lowest BCUT2D eigenvalue weighted by molar-refractivity contribution is -0.149. The number of amides is 2. The highest BCUT2D eigenvalue weighted by Gasteiger charge is 2.42. The van der Waals surface area contributed by atoms with Crippen LogP contribution in [0.4, 0.5) is 9.18 Å². The average Bonchev–Trinajstić information content (AvgIpc) is 3.19. The van der Waals surface area contributed by atoms with Crippen molar-refractivity contribution >= 4 is 18.0 Å². The van der Waals surface area contributed by atoms with Crippen molar-refractivity contribution in [2.75, 3.05) is 13.2 Å². The predicted octanol–water partition coefficient (Wildman–Crippen LogP) is 0.324. The van der Waals surface area contributed by atoms with Crippen LogP contribution < -0.4 is 0 Å². The molecule has 1 aromatic carbocycles. The molecule has 2 aliphatic rings. The molecule has 0 aromatic heterocycles. The zero-order chi connectivity index (χ0) is 18.1. The van der Waals surface area contributed by atoms with Gasteiger partial charge < -0.3 is 19.8 Å². The smallest absolute Gasteiger partial charge is 0.410 e. The number of likely N-dealkylation sites (tertiary alicyclic amines) is 1. The molecule has 3 rings (SSSR count). The van der Waals surface area contributed by atoms with Crippen LogP contribution in [0, 0.1) is 5.82 Å². The summed E-state index contributed by atoms with van der Waals surface area (Å²) in [6.45, 7) is -0.627. The zero-order valence-corrected chi connectivity index (χ0v) is 13.2. The zero-order valence-electron chi connectivity index (χ0n) is 13.2. The Balaban J connectivity index is 1.64. The lowest BCUT2D eigenvalue weighted by Gasteiger charge is -2.20. The standard InChI is InChI=1S/C16H17FN2O6/c17-12-3-1-2-9-5-18(7-11(9)12)16(24)25-10-4-13(15(22)23)19(6-10)14(21)8-20/h1-3,10,13,20H,4-8H2,(H,22,23)/t10-,13+/m1/s1. The topological polar surface area (TPSA) is 107 Å². The van der Waals surface area contributed by atoms with Crippen molar-refractivity contribution in [3.05, 3.63) is 35.1 Å². The molecule has 2 aliphatic heterocycles. The third kappa shape index (κ3) is 3.27. The number of hydrogen-bond acceptors (Lipinski definition) is 5. The van der Waals surface area contributed by atoms with Gasteiger partial charge in [-0.1, -0.05) is 12.1 Å². The normalized spacial score (nSPS) is 22.0. The van der Waals surface area contributed by atoms with E-state index in [2.05, 4.69) is 0 Å². The van der Waals surface area contributed by atoms with Crippen molar-refractivity contribution in [2.24, 2.45) is 0 Å². The molecule has 2 N–H and O–H groups in total. The molecule has 2 heterocycles. The number of aliphatic carboxylic acids is 1. The summed E-state index contributed by atoms with van der Waals surface area (Å²) < 4.78 is 19.0. The second-order valence-corrected chi connectivity index (χ2v) is 6.03. The summed E-state index contributed by atoms with van der Waals surface area (Å²) in [7, 11) is 0. The number of aliphatic hydroxyl groups excluding tert-OH is 1. The molecule has 2 atom stereocenters. The van der Waals surface area contributed by atoms with E-state index in [0.29, 0.717) is 11.1 Å². The number of carbonyl (C=O) groups is 3. The van der Waals surface area contributed by atoms with E-state index in [-0.39, 0.29) is 31.9 Å². The Hall–Kier alpha value is -2.68. The van der Waals surface area contributed by atoms with Crippen molar-refractivity contribution in [3.8, 4) is 0 Å². The van der Waals surface area contributed by atoms with Crippen LogP contribution in [0.1, 0.15) is 17.5 Å². The Morgan fingerprint density at radius 3 is 2.68 bits per heavy atom. The van der Waals surface area contributed by atoms with Gasteiger partial charge in [-0.15, -0.1) is 0 Å². The summed E-state index contributed by atoms with van der Waals surface area (Å²) in [4.78, 5) is 37.4. The van der Waals surface area contributed by atoms with E-state index in [0.717, 1.165) is 4.90 Å². The monoisotopic (exact) mass is 352 g/mol. The minimum atomic E-state index is -1.23. The lowest BCUT2D eigenvalue weighted by Crippen LogP contribution is -2.42. The second kappa shape index (κ2) is 6.67. The SMILES string of the molecule is O=C(O)[C@@H]1C[C@@H](OC(=O)N2Cc3cccc(F)c3C2)CN1C(=O)CO. The van der Waals surface area contributed by atoms with Crippen molar-refractivity contribution in [2.45, 2.75) is 31.7 Å². The molecule has 0 saturated carbocycles. The van der Waals surface area contributed by atoms with Crippen LogP contribution in [0.2, 0.25) is 0 Å². The fourth-order valence-electron chi connectivity index (χ4n) is 3.21. The van der Waals surface area contributed by atoms with E-state index >= 15 is 0 Å². The maximum atomic E-state index is 13.7. The van der Waals surface area contributed by atoms with Crippen molar-refractivity contribution < 1.29 is 33.7 Å². The maximum Gasteiger partial charge on any atom is 0.410 e. The summed E-state index contributed by atoms with van der Waals surface area (Å²) in [6.07, 6.45) is -1.54. The average molecular weight is 352 g/mol. The van der Waals surface area contributed by atoms with Crippen LogP contribution in [0.5, 0.6) is 0 Å². The number of rotatable bonds is 3. The lowest BCUT2D eigenvalue weighted by atomic mass is 10.1. The number of carbonyl (C=O) groups excluding carboxylic acids is 2. The fraction of sp³-hybridized carbons (Fsp3) is 0.438. The molecule has 1 aromatic rings. The minimum Gasteiger partial charge on any atom is -0.480 e. The summed E-state index contributed by atoms with van der Waals surface area (Å²) in [5.74, 6) is -2.35. The summed E-state index contributed by atoms with van der Waals surface area (Å²) in [5, 5.41) is 18.1. The van der Waals surface area contributed by atoms with Crippen molar-refractivity contribution in [1.29, 1.82) is 0 Å². The van der Waals surface area contributed by atoms with Crippen molar-refractivity contribution in [3.63, 3.8) is 0 Å². The van der Waals surface area contributed by atoms with Gasteiger partial charge in [0.2, 0.25) is 5.91 Å². The Bertz CT molecular complexity index is 725. The third-order valence-corrected chi connectivity index (χ3v) is 4.46. The Kier molecular flexibility index (Phi) is 4.58. The van der Waals surface area contributed by atoms with Crippen molar-refractivity contribution in [1.82, 2.24) is 9.80 Å². The second-order valence-electron chi connectivity index (χ2n) is 6.03. The largest absolute Gasteiger partial charge is 0.480 e. The number of hydrogen-bond donors (Lipinski definition) is 2. The third-order valence-electron chi connectivity index (χ3n) is 4.46. The molecule has 1 fully saturated rings. The van der Waals surface area contributed by atoms with Crippen LogP contribution in [0.15, 0.2) is 18.2 Å². The molecule has 0 spiro atoms. The first-order valence-corrected chi connectivity index (χ1v) is 7.75. The maximum absolute atomic E-state index is 13.7. The van der Waals surface area contributed by atoms with Crippen LogP contribution in [0.3, 0.4) is 0 Å².